The minimum atomic E-state index is -0.545. The van der Waals surface area contributed by atoms with Gasteiger partial charge in [0.1, 0.15) is 5.60 Å². The maximum absolute atomic E-state index is 11.6. The van der Waals surface area contributed by atoms with Crippen LogP contribution in [0.1, 0.15) is 20.8 Å². The van der Waals surface area contributed by atoms with Crippen molar-refractivity contribution in [3.63, 3.8) is 0 Å². The zero-order valence-electron chi connectivity index (χ0n) is 11.1. The van der Waals surface area contributed by atoms with Gasteiger partial charge in [-0.25, -0.2) is 4.79 Å². The number of carbonyl (C=O) groups excluding carboxylic acids is 2. The van der Waals surface area contributed by atoms with Crippen molar-refractivity contribution in [2.75, 3.05) is 20.2 Å². The maximum atomic E-state index is 11.6. The van der Waals surface area contributed by atoms with E-state index in [4.69, 9.17) is 4.74 Å². The van der Waals surface area contributed by atoms with Crippen LogP contribution in [0.15, 0.2) is 0 Å². The van der Waals surface area contributed by atoms with Crippen LogP contribution in [0.25, 0.3) is 0 Å². The molecule has 1 fully saturated rings. The summed E-state index contributed by atoms with van der Waals surface area (Å²) in [5.74, 6) is -0.677. The number of methoxy groups -OCH3 is 1. The van der Waals surface area contributed by atoms with E-state index in [2.05, 4.69) is 15.4 Å². The molecule has 1 aliphatic heterocycles. The Labute approximate surface area is 113 Å². The van der Waals surface area contributed by atoms with E-state index in [-0.39, 0.29) is 30.3 Å². The minimum absolute atomic E-state index is 0. The van der Waals surface area contributed by atoms with Crippen LogP contribution in [-0.4, -0.2) is 43.9 Å². The molecule has 0 aliphatic carbocycles. The summed E-state index contributed by atoms with van der Waals surface area (Å²) in [7, 11) is 1.34. The normalized spacial score (nSPS) is 22.9. The smallest absolute Gasteiger partial charge is 0.407 e. The van der Waals surface area contributed by atoms with Crippen molar-refractivity contribution in [3.05, 3.63) is 0 Å². The number of halogens is 1. The van der Waals surface area contributed by atoms with E-state index in [0.29, 0.717) is 13.1 Å². The minimum Gasteiger partial charge on any atom is -0.469 e. The van der Waals surface area contributed by atoms with E-state index in [1.807, 2.05) is 0 Å². The third-order valence-electron chi connectivity index (χ3n) is 2.42. The van der Waals surface area contributed by atoms with Crippen LogP contribution in [0.3, 0.4) is 0 Å². The number of hydrogen-bond acceptors (Lipinski definition) is 5. The summed E-state index contributed by atoms with van der Waals surface area (Å²) in [5, 5.41) is 5.71. The van der Waals surface area contributed by atoms with Gasteiger partial charge in [0.25, 0.3) is 0 Å². The summed E-state index contributed by atoms with van der Waals surface area (Å²) < 4.78 is 9.81. The third kappa shape index (κ3) is 5.10. The van der Waals surface area contributed by atoms with Crippen LogP contribution >= 0.6 is 12.4 Å². The number of hydrogen-bond donors (Lipinski definition) is 2. The van der Waals surface area contributed by atoms with Gasteiger partial charge in [-0.05, 0) is 20.8 Å². The molecule has 1 saturated heterocycles. The molecule has 0 aromatic heterocycles. The molecule has 2 atom stereocenters. The molecule has 1 aliphatic rings. The van der Waals surface area contributed by atoms with E-state index in [9.17, 15) is 9.59 Å². The summed E-state index contributed by atoms with van der Waals surface area (Å²) in [6.07, 6.45) is -0.514. The summed E-state index contributed by atoms with van der Waals surface area (Å²) in [5.41, 5.74) is -0.545. The van der Waals surface area contributed by atoms with Crippen LogP contribution < -0.4 is 10.6 Å². The Bertz CT molecular complexity index is 304. The van der Waals surface area contributed by atoms with Gasteiger partial charge in [-0.3, -0.25) is 4.79 Å². The molecular formula is C11H21ClN2O4. The van der Waals surface area contributed by atoms with Crippen molar-refractivity contribution in [1.29, 1.82) is 0 Å². The molecule has 1 rings (SSSR count). The quantitative estimate of drug-likeness (QED) is 0.728. The molecule has 2 N–H and O–H groups in total. The molecule has 18 heavy (non-hydrogen) atoms. The third-order valence-corrected chi connectivity index (χ3v) is 2.42. The fourth-order valence-electron chi connectivity index (χ4n) is 1.69. The first kappa shape index (κ1) is 17.0. The van der Waals surface area contributed by atoms with Crippen molar-refractivity contribution in [2.24, 2.45) is 5.92 Å². The van der Waals surface area contributed by atoms with Gasteiger partial charge in [-0.2, -0.15) is 0 Å². The molecule has 0 bridgehead atoms. The van der Waals surface area contributed by atoms with E-state index < -0.39 is 11.7 Å². The average molecular weight is 281 g/mol. The van der Waals surface area contributed by atoms with Gasteiger partial charge in [-0.1, -0.05) is 0 Å². The van der Waals surface area contributed by atoms with Gasteiger partial charge >= 0.3 is 12.1 Å². The fourth-order valence-corrected chi connectivity index (χ4v) is 1.69. The molecule has 0 aromatic carbocycles. The molecule has 0 radical (unpaired) electrons. The monoisotopic (exact) mass is 280 g/mol. The zero-order chi connectivity index (χ0) is 13.1. The van der Waals surface area contributed by atoms with Gasteiger partial charge in [0.05, 0.1) is 19.1 Å². The molecule has 0 aromatic rings. The number of nitrogens with one attached hydrogen (secondary N) is 2. The van der Waals surface area contributed by atoms with Gasteiger partial charge in [0.15, 0.2) is 0 Å². The number of alkyl carbamates (subject to hydrolysis) is 1. The molecule has 106 valence electrons. The Hall–Kier alpha value is -1.01. The van der Waals surface area contributed by atoms with Crippen molar-refractivity contribution in [1.82, 2.24) is 10.6 Å². The highest BCUT2D eigenvalue weighted by Gasteiger charge is 2.35. The first-order chi connectivity index (χ1) is 7.83. The topological polar surface area (TPSA) is 76.7 Å². The molecule has 1 heterocycles. The summed E-state index contributed by atoms with van der Waals surface area (Å²) in [6, 6.07) is -0.280. The van der Waals surface area contributed by atoms with E-state index >= 15 is 0 Å². The van der Waals surface area contributed by atoms with E-state index in [0.717, 1.165) is 0 Å². The highest BCUT2D eigenvalue weighted by molar-refractivity contribution is 5.85. The SMILES string of the molecule is COC(=O)[C@@H]1CNC[C@@H]1NC(=O)OC(C)(C)C.Cl. The first-order valence-corrected chi connectivity index (χ1v) is 5.61. The van der Waals surface area contributed by atoms with Gasteiger partial charge in [0.2, 0.25) is 0 Å². The van der Waals surface area contributed by atoms with Crippen molar-refractivity contribution >= 4 is 24.5 Å². The van der Waals surface area contributed by atoms with Crippen molar-refractivity contribution in [3.8, 4) is 0 Å². The predicted molar refractivity (Wildman–Crippen MR) is 68.8 cm³/mol. The van der Waals surface area contributed by atoms with Crippen molar-refractivity contribution in [2.45, 2.75) is 32.4 Å². The van der Waals surface area contributed by atoms with E-state index in [1.54, 1.807) is 20.8 Å². The number of amides is 1. The molecule has 1 amide bonds. The Morgan fingerprint density at radius 3 is 2.39 bits per heavy atom. The molecule has 6 nitrogen and oxygen atoms in total. The Kier molecular flexibility index (Phi) is 6.42. The second-order valence-corrected chi connectivity index (χ2v) is 5.04. The lowest BCUT2D eigenvalue weighted by molar-refractivity contribution is -0.145. The van der Waals surface area contributed by atoms with Crippen LogP contribution in [0.4, 0.5) is 4.79 Å². The summed E-state index contributed by atoms with van der Waals surface area (Å²) >= 11 is 0. The van der Waals surface area contributed by atoms with Crippen LogP contribution in [0.5, 0.6) is 0 Å². The predicted octanol–water partition coefficient (Wildman–Crippen LogP) is 0.694. The van der Waals surface area contributed by atoms with Gasteiger partial charge in [0, 0.05) is 13.1 Å². The first-order valence-electron chi connectivity index (χ1n) is 5.61. The average Bonchev–Trinajstić information content (AvgIpc) is 2.61. The number of carbonyl (C=O) groups is 2. The number of ether oxygens (including phenoxy) is 2. The second kappa shape index (κ2) is 6.80. The van der Waals surface area contributed by atoms with Crippen LogP contribution in [-0.2, 0) is 14.3 Å². The zero-order valence-corrected chi connectivity index (χ0v) is 11.9. The van der Waals surface area contributed by atoms with Crippen molar-refractivity contribution < 1.29 is 19.1 Å². The van der Waals surface area contributed by atoms with Gasteiger partial charge < -0.3 is 20.1 Å². The van der Waals surface area contributed by atoms with E-state index in [1.165, 1.54) is 7.11 Å². The second-order valence-electron chi connectivity index (χ2n) is 5.04. The number of rotatable bonds is 2. The fraction of sp³-hybridized carbons (Fsp3) is 0.818. The Morgan fingerprint density at radius 2 is 1.89 bits per heavy atom. The maximum Gasteiger partial charge on any atom is 0.407 e. The summed E-state index contributed by atoms with van der Waals surface area (Å²) in [6.45, 7) is 6.41. The molecule has 0 saturated carbocycles. The van der Waals surface area contributed by atoms with Gasteiger partial charge in [-0.15, -0.1) is 12.4 Å². The lowest BCUT2D eigenvalue weighted by Crippen LogP contribution is -2.45. The molecule has 0 spiro atoms. The standard InChI is InChI=1S/C11H20N2O4.ClH/c1-11(2,3)17-10(15)13-8-6-12-5-7(8)9(14)16-4;/h7-8,12H,5-6H2,1-4H3,(H,13,15);1H/t7-,8+;/m1./s1. The largest absolute Gasteiger partial charge is 0.469 e. The lowest BCUT2D eigenvalue weighted by atomic mass is 10.0. The molecule has 7 heteroatoms. The van der Waals surface area contributed by atoms with Crippen LogP contribution in [0.2, 0.25) is 0 Å². The Balaban J connectivity index is 0.00000289. The summed E-state index contributed by atoms with van der Waals surface area (Å²) in [4.78, 5) is 23.0. The highest BCUT2D eigenvalue weighted by atomic mass is 35.5. The number of esters is 1. The lowest BCUT2D eigenvalue weighted by Gasteiger charge is -2.23. The Morgan fingerprint density at radius 1 is 1.28 bits per heavy atom. The van der Waals surface area contributed by atoms with Crippen LogP contribution in [0, 0.1) is 5.92 Å². The highest BCUT2D eigenvalue weighted by Crippen LogP contribution is 2.12. The molecule has 0 unspecified atom stereocenters. The molecular weight excluding hydrogens is 260 g/mol.